The molecule has 0 bridgehead atoms. The molecule has 0 aliphatic carbocycles. The van der Waals surface area contributed by atoms with Gasteiger partial charge in [0.1, 0.15) is 16.5 Å². The van der Waals surface area contributed by atoms with Gasteiger partial charge in [-0.15, -0.1) is 11.3 Å². The highest BCUT2D eigenvalue weighted by molar-refractivity contribution is 9.10. The highest BCUT2D eigenvalue weighted by Gasteiger charge is 2.28. The number of thiophene rings is 1. The van der Waals surface area contributed by atoms with Gasteiger partial charge >= 0.3 is 5.97 Å². The van der Waals surface area contributed by atoms with E-state index in [9.17, 15) is 4.79 Å². The Bertz CT molecular complexity index is 1410. The van der Waals surface area contributed by atoms with Crippen LogP contribution in [0.5, 0.6) is 0 Å². The molecule has 0 saturated heterocycles. The van der Waals surface area contributed by atoms with Crippen LogP contribution in [-0.4, -0.2) is 30.2 Å². The first-order valence-corrected chi connectivity index (χ1v) is 13.6. The number of fused-ring (bicyclic) bond motifs is 1. The predicted molar refractivity (Wildman–Crippen MR) is 148 cm³/mol. The van der Waals surface area contributed by atoms with Gasteiger partial charge in [0, 0.05) is 34.5 Å². The first-order valence-electron chi connectivity index (χ1n) is 12.0. The third-order valence-corrected chi connectivity index (χ3v) is 7.95. The molecule has 0 saturated carbocycles. The number of esters is 1. The molecule has 2 aromatic heterocycles. The molecular weight excluding hydrogens is 536 g/mol. The molecule has 3 heterocycles. The Labute approximate surface area is 223 Å². The number of rotatable bonds is 7. The minimum Gasteiger partial charge on any atom is -0.462 e. The van der Waals surface area contributed by atoms with Gasteiger partial charge in [0.2, 0.25) is 0 Å². The number of aliphatic imine (C=N–C) groups is 1. The molecule has 1 aliphatic heterocycles. The molecule has 5 nitrogen and oxygen atoms in total. The second-order valence-electron chi connectivity index (χ2n) is 8.79. The average molecular weight is 564 g/mol. The lowest BCUT2D eigenvalue weighted by Gasteiger charge is -2.27. The zero-order valence-corrected chi connectivity index (χ0v) is 22.7. The quantitative estimate of drug-likeness (QED) is 0.172. The molecule has 7 heteroatoms. The number of ether oxygens (including phenoxy) is 1. The van der Waals surface area contributed by atoms with E-state index in [1.807, 2.05) is 31.2 Å². The zero-order chi connectivity index (χ0) is 25.1. The van der Waals surface area contributed by atoms with Crippen molar-refractivity contribution in [1.29, 1.82) is 0 Å². The summed E-state index contributed by atoms with van der Waals surface area (Å²) in [6.07, 6.45) is 2.49. The van der Waals surface area contributed by atoms with Crippen LogP contribution >= 0.6 is 27.3 Å². The van der Waals surface area contributed by atoms with E-state index in [0.717, 1.165) is 47.4 Å². The molecular formula is C29H27BrN2O3S. The molecule has 0 spiro atoms. The Morgan fingerprint density at radius 2 is 2.03 bits per heavy atom. The van der Waals surface area contributed by atoms with Gasteiger partial charge in [0.15, 0.2) is 0 Å². The molecule has 0 N–H and O–H groups in total. The lowest BCUT2D eigenvalue weighted by Crippen LogP contribution is -2.29. The van der Waals surface area contributed by atoms with Crippen LogP contribution in [0.3, 0.4) is 0 Å². The maximum absolute atomic E-state index is 12.9. The molecule has 5 rings (SSSR count). The van der Waals surface area contributed by atoms with E-state index in [2.05, 4.69) is 64.2 Å². The molecule has 36 heavy (non-hydrogen) atoms. The fraction of sp³-hybridized carbons (Fsp3) is 0.241. The van der Waals surface area contributed by atoms with Gasteiger partial charge in [-0.1, -0.05) is 52.3 Å². The van der Waals surface area contributed by atoms with E-state index < -0.39 is 0 Å². The summed E-state index contributed by atoms with van der Waals surface area (Å²) < 4.78 is 12.4. The maximum atomic E-state index is 12.9. The SMILES string of the molecule is CCOC(=O)c1c(N=Cc2ccc(-c3ccc(C)cc3Br)o2)sc2c1CCN(Cc1ccccc1)C2. The monoisotopic (exact) mass is 562 g/mol. The minimum atomic E-state index is -0.303. The van der Waals surface area contributed by atoms with E-state index >= 15 is 0 Å². The van der Waals surface area contributed by atoms with Crippen molar-refractivity contribution in [3.8, 4) is 11.3 Å². The Balaban J connectivity index is 1.40. The normalized spacial score (nSPS) is 13.8. The van der Waals surface area contributed by atoms with Crippen LogP contribution in [0.25, 0.3) is 11.3 Å². The van der Waals surface area contributed by atoms with Crippen LogP contribution in [0, 0.1) is 6.92 Å². The Hall–Kier alpha value is -3.00. The molecule has 0 unspecified atom stereocenters. The number of aryl methyl sites for hydroxylation is 1. The van der Waals surface area contributed by atoms with Crippen molar-refractivity contribution in [2.24, 2.45) is 4.99 Å². The van der Waals surface area contributed by atoms with Crippen molar-refractivity contribution < 1.29 is 13.9 Å². The predicted octanol–water partition coefficient (Wildman–Crippen LogP) is 7.56. The Morgan fingerprint density at radius 1 is 1.19 bits per heavy atom. The molecule has 0 atom stereocenters. The van der Waals surface area contributed by atoms with Gasteiger partial charge < -0.3 is 9.15 Å². The number of hydrogen-bond donors (Lipinski definition) is 0. The summed E-state index contributed by atoms with van der Waals surface area (Å²) >= 11 is 5.19. The van der Waals surface area contributed by atoms with Crippen molar-refractivity contribution in [3.05, 3.63) is 98.0 Å². The number of carbonyl (C=O) groups excluding carboxylic acids is 1. The smallest absolute Gasteiger partial charge is 0.341 e. The van der Waals surface area contributed by atoms with Crippen LogP contribution in [0.4, 0.5) is 5.00 Å². The Kier molecular flexibility index (Phi) is 7.51. The van der Waals surface area contributed by atoms with E-state index in [1.165, 1.54) is 16.0 Å². The third-order valence-electron chi connectivity index (χ3n) is 6.17. The number of hydrogen-bond acceptors (Lipinski definition) is 6. The maximum Gasteiger partial charge on any atom is 0.341 e. The van der Waals surface area contributed by atoms with Crippen molar-refractivity contribution in [2.45, 2.75) is 33.4 Å². The van der Waals surface area contributed by atoms with Crippen LogP contribution in [0.15, 0.2) is 74.5 Å². The van der Waals surface area contributed by atoms with Crippen molar-refractivity contribution >= 4 is 44.5 Å². The first-order chi connectivity index (χ1) is 17.5. The molecule has 0 amide bonds. The van der Waals surface area contributed by atoms with Crippen LogP contribution in [0.2, 0.25) is 0 Å². The summed E-state index contributed by atoms with van der Waals surface area (Å²) in [4.78, 5) is 21.2. The third kappa shape index (κ3) is 5.38. The second-order valence-corrected chi connectivity index (χ2v) is 10.7. The number of furan rings is 1. The molecule has 1 aliphatic rings. The standard InChI is InChI=1S/C29H27BrN2O3S/c1-3-34-29(33)27-23-13-14-32(17-20-7-5-4-6-8-20)18-26(23)36-28(27)31-16-21-10-12-25(35-21)22-11-9-19(2)15-24(22)30/h4-12,15-16H,3,13-14,17-18H2,1-2H3. The summed E-state index contributed by atoms with van der Waals surface area (Å²) in [6, 6.07) is 20.5. The van der Waals surface area contributed by atoms with Crippen molar-refractivity contribution in [3.63, 3.8) is 0 Å². The highest BCUT2D eigenvalue weighted by atomic mass is 79.9. The zero-order valence-electron chi connectivity index (χ0n) is 20.3. The van der Waals surface area contributed by atoms with Gasteiger partial charge in [0.25, 0.3) is 0 Å². The number of carbonyl (C=O) groups is 1. The summed E-state index contributed by atoms with van der Waals surface area (Å²) in [7, 11) is 0. The van der Waals surface area contributed by atoms with Crippen molar-refractivity contribution in [2.75, 3.05) is 13.2 Å². The van der Waals surface area contributed by atoms with Crippen LogP contribution < -0.4 is 0 Å². The van der Waals surface area contributed by atoms with E-state index in [1.54, 1.807) is 17.6 Å². The van der Waals surface area contributed by atoms with Gasteiger partial charge in [-0.25, -0.2) is 9.79 Å². The summed E-state index contributed by atoms with van der Waals surface area (Å²) in [6.45, 7) is 6.78. The van der Waals surface area contributed by atoms with Crippen LogP contribution in [0.1, 0.15) is 44.6 Å². The Morgan fingerprint density at radius 3 is 2.81 bits per heavy atom. The number of benzene rings is 2. The lowest BCUT2D eigenvalue weighted by atomic mass is 10.0. The minimum absolute atomic E-state index is 0.303. The van der Waals surface area contributed by atoms with Gasteiger partial charge in [-0.05, 0) is 61.2 Å². The molecule has 4 aromatic rings. The highest BCUT2D eigenvalue weighted by Crippen LogP contribution is 2.40. The van der Waals surface area contributed by atoms with Crippen molar-refractivity contribution in [1.82, 2.24) is 4.90 Å². The molecule has 2 aromatic carbocycles. The van der Waals surface area contributed by atoms with Gasteiger partial charge in [0.05, 0.1) is 18.4 Å². The van der Waals surface area contributed by atoms with Gasteiger partial charge in [-0.2, -0.15) is 0 Å². The lowest BCUT2D eigenvalue weighted by molar-refractivity contribution is 0.0526. The van der Waals surface area contributed by atoms with Gasteiger partial charge in [-0.3, -0.25) is 4.90 Å². The number of nitrogens with zero attached hydrogens (tertiary/aromatic N) is 2. The summed E-state index contributed by atoms with van der Waals surface area (Å²) in [5.41, 5.74) is 5.11. The fourth-order valence-electron chi connectivity index (χ4n) is 4.43. The molecule has 184 valence electrons. The second kappa shape index (κ2) is 10.9. The first kappa shape index (κ1) is 24.7. The number of halogens is 1. The summed E-state index contributed by atoms with van der Waals surface area (Å²) in [5, 5.41) is 0.675. The van der Waals surface area contributed by atoms with E-state index in [4.69, 9.17) is 14.1 Å². The topological polar surface area (TPSA) is 55.0 Å². The largest absolute Gasteiger partial charge is 0.462 e. The fourth-order valence-corrected chi connectivity index (χ4v) is 6.34. The molecule has 0 fully saturated rings. The van der Waals surface area contributed by atoms with Crippen LogP contribution in [-0.2, 0) is 24.2 Å². The van der Waals surface area contributed by atoms with E-state index in [-0.39, 0.29) is 5.97 Å². The summed E-state index contributed by atoms with van der Waals surface area (Å²) in [5.74, 6) is 1.09. The van der Waals surface area contributed by atoms with E-state index in [0.29, 0.717) is 22.9 Å². The molecule has 0 radical (unpaired) electrons. The average Bonchev–Trinajstić information content (AvgIpc) is 3.47.